The highest BCUT2D eigenvalue weighted by molar-refractivity contribution is 5.28. The molecule has 0 unspecified atom stereocenters. The molecule has 0 bridgehead atoms. The van der Waals surface area contributed by atoms with E-state index in [0.29, 0.717) is 47.3 Å². The minimum Gasteiger partial charge on any atom is -0.264 e. The van der Waals surface area contributed by atoms with Crippen molar-refractivity contribution in [1.82, 2.24) is 24.9 Å². The topological polar surface area (TPSA) is 64.5 Å². The molecule has 4 aromatic rings. The van der Waals surface area contributed by atoms with Gasteiger partial charge in [-0.3, -0.25) is 15.0 Å². The van der Waals surface area contributed by atoms with Gasteiger partial charge in [-0.15, -0.1) is 0 Å². The first-order valence-corrected chi connectivity index (χ1v) is 18.1. The number of pyridine rings is 3. The van der Waals surface area contributed by atoms with Crippen molar-refractivity contribution in [3.8, 4) is 0 Å². The lowest BCUT2D eigenvalue weighted by Crippen LogP contribution is -1.99. The second-order valence-electron chi connectivity index (χ2n) is 15.2. The molecule has 0 saturated carbocycles. The van der Waals surface area contributed by atoms with Gasteiger partial charge in [-0.25, -0.2) is 9.97 Å². The van der Waals surface area contributed by atoms with Crippen molar-refractivity contribution >= 4 is 0 Å². The molecule has 5 heteroatoms. The smallest absolute Gasteiger partial charge is 0.130 e. The number of aromatic nitrogens is 5. The summed E-state index contributed by atoms with van der Waals surface area (Å²) in [5.41, 5.74) is 9.19. The number of hydrogen-bond donors (Lipinski definition) is 0. The molecule has 4 rings (SSSR count). The van der Waals surface area contributed by atoms with Gasteiger partial charge in [-0.05, 0) is 86.9 Å². The van der Waals surface area contributed by atoms with Gasteiger partial charge < -0.3 is 0 Å². The molecule has 48 heavy (non-hydrogen) atoms. The van der Waals surface area contributed by atoms with E-state index >= 15 is 0 Å². The highest BCUT2D eigenvalue weighted by Crippen LogP contribution is 2.24. The Bertz CT molecular complexity index is 1260. The van der Waals surface area contributed by atoms with Crippen LogP contribution in [0.25, 0.3) is 0 Å². The quantitative estimate of drug-likeness (QED) is 0.189. The molecule has 0 spiro atoms. The molecular formula is C43H67N5. The maximum absolute atomic E-state index is 4.40. The van der Waals surface area contributed by atoms with E-state index in [9.17, 15) is 0 Å². The van der Waals surface area contributed by atoms with Crippen LogP contribution in [0.5, 0.6) is 0 Å². The summed E-state index contributed by atoms with van der Waals surface area (Å²) in [6, 6.07) is 8.68. The zero-order chi connectivity index (χ0) is 36.6. The zero-order valence-corrected chi connectivity index (χ0v) is 33.2. The Kier molecular flexibility index (Phi) is 19.1. The number of rotatable bonds is 8. The van der Waals surface area contributed by atoms with Gasteiger partial charge in [0.25, 0.3) is 0 Å². The molecule has 0 atom stereocenters. The molecule has 5 nitrogen and oxygen atoms in total. The van der Waals surface area contributed by atoms with Crippen LogP contribution >= 0.6 is 0 Å². The van der Waals surface area contributed by atoms with Gasteiger partial charge >= 0.3 is 0 Å². The van der Waals surface area contributed by atoms with E-state index in [0.717, 1.165) is 5.82 Å². The molecule has 0 aliphatic carbocycles. The van der Waals surface area contributed by atoms with Crippen molar-refractivity contribution in [2.45, 2.75) is 158 Å². The van der Waals surface area contributed by atoms with Crippen molar-refractivity contribution in [3.05, 3.63) is 113 Å². The summed E-state index contributed by atoms with van der Waals surface area (Å²) in [4.78, 5) is 21.4. The van der Waals surface area contributed by atoms with Gasteiger partial charge in [-0.1, -0.05) is 123 Å². The lowest BCUT2D eigenvalue weighted by molar-refractivity contribution is 0.754. The number of nitrogens with zero attached hydrogens (tertiary/aromatic N) is 5. The monoisotopic (exact) mass is 654 g/mol. The molecule has 0 saturated heterocycles. The van der Waals surface area contributed by atoms with Crippen LogP contribution in [0.2, 0.25) is 0 Å². The summed E-state index contributed by atoms with van der Waals surface area (Å²) in [7, 11) is 0. The lowest BCUT2D eigenvalue weighted by atomic mass is 9.93. The summed E-state index contributed by atoms with van der Waals surface area (Å²) >= 11 is 0. The van der Waals surface area contributed by atoms with Crippen LogP contribution in [-0.2, 0) is 0 Å². The van der Waals surface area contributed by atoms with Crippen molar-refractivity contribution in [1.29, 1.82) is 0 Å². The van der Waals surface area contributed by atoms with E-state index < -0.39 is 0 Å². The first-order chi connectivity index (χ1) is 22.5. The van der Waals surface area contributed by atoms with E-state index in [1.54, 1.807) is 0 Å². The number of hydrogen-bond acceptors (Lipinski definition) is 5. The third kappa shape index (κ3) is 15.2. The second kappa shape index (κ2) is 21.5. The minimum atomic E-state index is 0.422. The standard InChI is InChI=1S/3C11H17N.C10H16N2/c1-8(2)10-5-11(9(3)4)7-12-6-10;1-8(2)10-5-6-12-7-11(10)9(3)4;1-8(2)10-5-6-11(9(3)4)12-7-10;1-7(2)9-5-11-10(8(3)4)12-6-9/h3*5-9H,1-4H3;5-8H,1-4H3. The maximum atomic E-state index is 4.40. The third-order valence-electron chi connectivity index (χ3n) is 8.19. The molecule has 4 heterocycles. The summed E-state index contributed by atoms with van der Waals surface area (Å²) in [6.45, 7) is 34.8. The Morgan fingerprint density at radius 2 is 0.833 bits per heavy atom. The van der Waals surface area contributed by atoms with Crippen LogP contribution in [-0.4, -0.2) is 24.9 Å². The minimum absolute atomic E-state index is 0.422. The van der Waals surface area contributed by atoms with Crippen LogP contribution in [0.1, 0.15) is 203 Å². The van der Waals surface area contributed by atoms with Crippen LogP contribution in [0.3, 0.4) is 0 Å². The largest absolute Gasteiger partial charge is 0.264 e. The highest BCUT2D eigenvalue weighted by Gasteiger charge is 2.09. The molecule has 0 amide bonds. The zero-order valence-electron chi connectivity index (χ0n) is 33.2. The summed E-state index contributed by atoms with van der Waals surface area (Å²) in [5.74, 6) is 5.33. The molecule has 0 aromatic carbocycles. The first-order valence-electron chi connectivity index (χ1n) is 18.1. The SMILES string of the molecule is CC(C)c1ccc(C(C)C)nc1.CC(C)c1ccncc1C(C)C.CC(C)c1cnc(C(C)C)nc1.CC(C)c1cncc(C(C)C)c1. The summed E-state index contributed by atoms with van der Waals surface area (Å²) in [5, 5.41) is 0. The second-order valence-corrected chi connectivity index (χ2v) is 15.2. The Morgan fingerprint density at radius 1 is 0.354 bits per heavy atom. The fraction of sp³-hybridized carbons (Fsp3) is 0.558. The molecule has 264 valence electrons. The van der Waals surface area contributed by atoms with Gasteiger partial charge in [0, 0.05) is 55.0 Å². The molecule has 0 N–H and O–H groups in total. The van der Waals surface area contributed by atoms with Gasteiger partial charge in [-0.2, -0.15) is 0 Å². The van der Waals surface area contributed by atoms with Crippen molar-refractivity contribution < 1.29 is 0 Å². The van der Waals surface area contributed by atoms with Crippen LogP contribution < -0.4 is 0 Å². The van der Waals surface area contributed by atoms with E-state index in [1.165, 1.54) is 39.1 Å². The van der Waals surface area contributed by atoms with Gasteiger partial charge in [0.15, 0.2) is 0 Å². The van der Waals surface area contributed by atoms with Crippen molar-refractivity contribution in [3.63, 3.8) is 0 Å². The van der Waals surface area contributed by atoms with Crippen LogP contribution in [0.15, 0.2) is 67.6 Å². The first kappa shape index (κ1) is 42.6. The highest BCUT2D eigenvalue weighted by atomic mass is 14.9. The molecular weight excluding hydrogens is 587 g/mol. The summed E-state index contributed by atoms with van der Waals surface area (Å²) < 4.78 is 0. The van der Waals surface area contributed by atoms with Crippen molar-refractivity contribution in [2.75, 3.05) is 0 Å². The van der Waals surface area contributed by atoms with E-state index in [4.69, 9.17) is 0 Å². The van der Waals surface area contributed by atoms with E-state index in [1.807, 2.05) is 43.4 Å². The molecule has 0 radical (unpaired) electrons. The normalized spacial score (nSPS) is 11.2. The van der Waals surface area contributed by atoms with E-state index in [2.05, 4.69) is 160 Å². The maximum Gasteiger partial charge on any atom is 0.130 e. The average molecular weight is 654 g/mol. The van der Waals surface area contributed by atoms with Gasteiger partial charge in [0.2, 0.25) is 0 Å². The Hall–Kier alpha value is -3.47. The van der Waals surface area contributed by atoms with Crippen LogP contribution in [0, 0.1) is 0 Å². The molecule has 0 aliphatic heterocycles. The average Bonchev–Trinajstić information content (AvgIpc) is 3.05. The van der Waals surface area contributed by atoms with Crippen molar-refractivity contribution in [2.24, 2.45) is 0 Å². The predicted octanol–water partition coefficient (Wildman–Crippen LogP) is 12.7. The lowest BCUT2D eigenvalue weighted by Gasteiger charge is -2.14. The Labute approximate surface area is 294 Å². The molecule has 4 aromatic heterocycles. The van der Waals surface area contributed by atoms with Crippen LogP contribution in [0.4, 0.5) is 0 Å². The molecule has 0 aliphatic rings. The fourth-order valence-electron chi connectivity index (χ4n) is 4.58. The fourth-order valence-corrected chi connectivity index (χ4v) is 4.58. The summed E-state index contributed by atoms with van der Waals surface area (Å²) in [6.07, 6.45) is 13.6. The van der Waals surface area contributed by atoms with Gasteiger partial charge in [0.05, 0.1) is 0 Å². The third-order valence-corrected chi connectivity index (χ3v) is 8.19. The molecule has 0 fully saturated rings. The van der Waals surface area contributed by atoms with E-state index in [-0.39, 0.29) is 0 Å². The van der Waals surface area contributed by atoms with Gasteiger partial charge in [0.1, 0.15) is 5.82 Å². The predicted molar refractivity (Wildman–Crippen MR) is 207 cm³/mol. The Balaban J connectivity index is 0.000000320. The Morgan fingerprint density at radius 3 is 1.19 bits per heavy atom.